The Balaban J connectivity index is 1.45. The van der Waals surface area contributed by atoms with Gasteiger partial charge in [-0.1, -0.05) is 12.8 Å². The van der Waals surface area contributed by atoms with Gasteiger partial charge in [0.05, 0.1) is 47.6 Å². The van der Waals surface area contributed by atoms with Crippen molar-refractivity contribution in [2.24, 2.45) is 5.92 Å². The molecule has 0 spiro atoms. The van der Waals surface area contributed by atoms with Crippen LogP contribution in [0.3, 0.4) is 0 Å². The van der Waals surface area contributed by atoms with Crippen molar-refractivity contribution in [1.82, 2.24) is 14.9 Å². The number of hydrogen-bond donors (Lipinski definition) is 3. The maximum Gasteiger partial charge on any atom is 0.343 e. The van der Waals surface area contributed by atoms with E-state index in [9.17, 15) is 24.6 Å². The van der Waals surface area contributed by atoms with Crippen LogP contribution in [0.2, 0.25) is 0 Å². The Morgan fingerprint density at radius 3 is 2.75 bits per heavy atom. The summed E-state index contributed by atoms with van der Waals surface area (Å²) in [7, 11) is 0. The maximum atomic E-state index is 15.0. The van der Waals surface area contributed by atoms with E-state index in [2.05, 4.69) is 5.32 Å². The zero-order valence-electron chi connectivity index (χ0n) is 22.3. The number of benzene rings is 1. The first-order valence-corrected chi connectivity index (χ1v) is 13.9. The molecule has 208 valence electrons. The SMILES string of the molecule is Cc1c(F)cc2nc3c(c4c2c1CC[C@@H]4NC(=O)C[C@@H](C)O)Cn1c-3cc2c(c1=O)COC(=O)[C@]2(O)CC1CC1. The molecule has 40 heavy (non-hydrogen) atoms. The molecule has 7 rings (SSSR count). The van der Waals surface area contributed by atoms with Crippen LogP contribution in [0.1, 0.15) is 78.5 Å². The van der Waals surface area contributed by atoms with E-state index in [0.29, 0.717) is 35.3 Å². The molecule has 2 aliphatic heterocycles. The second-order valence-electron chi connectivity index (χ2n) is 11.8. The summed E-state index contributed by atoms with van der Waals surface area (Å²) in [6.45, 7) is 3.25. The Kier molecular flexibility index (Phi) is 5.50. The van der Waals surface area contributed by atoms with Gasteiger partial charge in [0.1, 0.15) is 12.4 Å². The smallest absolute Gasteiger partial charge is 0.343 e. The minimum atomic E-state index is -1.91. The van der Waals surface area contributed by atoms with Crippen molar-refractivity contribution in [3.05, 3.63) is 61.7 Å². The van der Waals surface area contributed by atoms with E-state index in [-0.39, 0.29) is 60.3 Å². The van der Waals surface area contributed by atoms with Crippen LogP contribution in [-0.4, -0.2) is 37.7 Å². The quantitative estimate of drug-likeness (QED) is 0.328. The van der Waals surface area contributed by atoms with E-state index in [1.165, 1.54) is 6.07 Å². The zero-order chi connectivity index (χ0) is 28.1. The number of carbonyl (C=O) groups is 2. The first-order chi connectivity index (χ1) is 19.1. The topological polar surface area (TPSA) is 131 Å². The van der Waals surface area contributed by atoms with E-state index in [1.54, 1.807) is 24.5 Å². The molecule has 1 aromatic carbocycles. The number of esters is 1. The van der Waals surface area contributed by atoms with Gasteiger partial charge in [0.15, 0.2) is 5.60 Å². The molecule has 1 amide bonds. The van der Waals surface area contributed by atoms with Gasteiger partial charge < -0.3 is 24.8 Å². The Morgan fingerprint density at radius 1 is 1.25 bits per heavy atom. The number of ether oxygens (including phenoxy) is 1. The van der Waals surface area contributed by atoms with Gasteiger partial charge in [-0.2, -0.15) is 0 Å². The summed E-state index contributed by atoms with van der Waals surface area (Å²) in [6, 6.07) is 2.64. The highest BCUT2D eigenvalue weighted by Gasteiger charge is 2.49. The van der Waals surface area contributed by atoms with Gasteiger partial charge >= 0.3 is 5.97 Å². The van der Waals surface area contributed by atoms with Crippen LogP contribution < -0.4 is 10.9 Å². The molecule has 10 heteroatoms. The third kappa shape index (κ3) is 3.65. The highest BCUT2D eigenvalue weighted by molar-refractivity contribution is 5.94. The molecule has 4 heterocycles. The van der Waals surface area contributed by atoms with Gasteiger partial charge in [-0.3, -0.25) is 9.59 Å². The number of nitrogens with one attached hydrogen (secondary N) is 1. The molecule has 0 saturated heterocycles. The lowest BCUT2D eigenvalue weighted by Gasteiger charge is -2.32. The van der Waals surface area contributed by atoms with Gasteiger partial charge in [-0.25, -0.2) is 14.2 Å². The molecule has 0 unspecified atom stereocenters. The number of halogens is 1. The van der Waals surface area contributed by atoms with Crippen LogP contribution in [0.4, 0.5) is 4.39 Å². The fraction of sp³-hybridized carbons (Fsp3) is 0.467. The first kappa shape index (κ1) is 25.3. The Bertz CT molecular complexity index is 1710. The van der Waals surface area contributed by atoms with Crippen molar-refractivity contribution in [1.29, 1.82) is 0 Å². The number of aliphatic hydroxyl groups excluding tert-OH is 1. The monoisotopic (exact) mass is 547 g/mol. The van der Waals surface area contributed by atoms with E-state index in [1.807, 2.05) is 0 Å². The van der Waals surface area contributed by atoms with Crippen molar-refractivity contribution in [3.8, 4) is 11.4 Å². The van der Waals surface area contributed by atoms with Crippen molar-refractivity contribution < 1.29 is 28.9 Å². The molecule has 3 atom stereocenters. The third-order valence-corrected chi connectivity index (χ3v) is 8.96. The summed E-state index contributed by atoms with van der Waals surface area (Å²) in [4.78, 5) is 44.2. The predicted molar refractivity (Wildman–Crippen MR) is 142 cm³/mol. The van der Waals surface area contributed by atoms with Crippen LogP contribution in [-0.2, 0) is 39.5 Å². The van der Waals surface area contributed by atoms with Crippen molar-refractivity contribution in [2.75, 3.05) is 0 Å². The van der Waals surface area contributed by atoms with Gasteiger partial charge in [0.2, 0.25) is 5.91 Å². The van der Waals surface area contributed by atoms with E-state index in [4.69, 9.17) is 9.72 Å². The largest absolute Gasteiger partial charge is 0.458 e. The lowest BCUT2D eigenvalue weighted by molar-refractivity contribution is -0.173. The number of aromatic nitrogens is 2. The molecule has 2 aromatic heterocycles. The summed E-state index contributed by atoms with van der Waals surface area (Å²) in [5.74, 6) is -1.24. The van der Waals surface area contributed by atoms with Crippen molar-refractivity contribution >= 4 is 22.8 Å². The molecule has 4 aliphatic rings. The summed E-state index contributed by atoms with van der Waals surface area (Å²) in [5.41, 5.74) is 2.49. The number of carbonyl (C=O) groups excluding carboxylic acids is 2. The van der Waals surface area contributed by atoms with Crippen LogP contribution in [0.25, 0.3) is 22.3 Å². The number of aryl methyl sites for hydroxylation is 1. The number of fused-ring (bicyclic) bond motifs is 5. The molecular weight excluding hydrogens is 517 g/mol. The Hall–Kier alpha value is -3.63. The van der Waals surface area contributed by atoms with Gasteiger partial charge in [-0.15, -0.1) is 0 Å². The summed E-state index contributed by atoms with van der Waals surface area (Å²) >= 11 is 0. The number of amides is 1. The molecule has 3 aromatic rings. The second-order valence-corrected chi connectivity index (χ2v) is 11.8. The third-order valence-electron chi connectivity index (χ3n) is 8.96. The summed E-state index contributed by atoms with van der Waals surface area (Å²) in [6.07, 6.45) is 2.22. The number of cyclic esters (lactones) is 1. The summed E-state index contributed by atoms with van der Waals surface area (Å²) < 4.78 is 21.9. The van der Waals surface area contributed by atoms with E-state index < -0.39 is 23.7 Å². The number of pyridine rings is 2. The number of nitrogens with zero attached hydrogens (tertiary/aromatic N) is 2. The number of rotatable bonds is 5. The average Bonchev–Trinajstić information content (AvgIpc) is 3.63. The van der Waals surface area contributed by atoms with Crippen LogP contribution in [0.15, 0.2) is 16.9 Å². The molecule has 0 radical (unpaired) electrons. The summed E-state index contributed by atoms with van der Waals surface area (Å²) in [5, 5.41) is 25.1. The van der Waals surface area contributed by atoms with Crippen molar-refractivity contribution in [2.45, 2.75) is 83.3 Å². The van der Waals surface area contributed by atoms with Gasteiger partial charge in [0.25, 0.3) is 5.56 Å². The Labute approximate surface area is 229 Å². The van der Waals surface area contributed by atoms with Crippen molar-refractivity contribution in [3.63, 3.8) is 0 Å². The van der Waals surface area contributed by atoms with Crippen LogP contribution in [0, 0.1) is 18.7 Å². The maximum absolute atomic E-state index is 15.0. The lowest BCUT2D eigenvalue weighted by atomic mass is 9.81. The highest BCUT2D eigenvalue weighted by atomic mass is 19.1. The molecule has 1 fully saturated rings. The highest BCUT2D eigenvalue weighted by Crippen LogP contribution is 2.47. The number of aliphatic hydroxyl groups is 2. The minimum absolute atomic E-state index is 0.0533. The predicted octanol–water partition coefficient (Wildman–Crippen LogP) is 2.79. The first-order valence-electron chi connectivity index (χ1n) is 13.9. The fourth-order valence-corrected chi connectivity index (χ4v) is 6.82. The molecule has 3 N–H and O–H groups in total. The van der Waals surface area contributed by atoms with Gasteiger partial charge in [0, 0.05) is 22.6 Å². The molecule has 0 bridgehead atoms. The molecular formula is C30H30FN3O6. The molecule has 9 nitrogen and oxygen atoms in total. The second kappa shape index (κ2) is 8.68. The van der Waals surface area contributed by atoms with E-state index >= 15 is 4.39 Å². The average molecular weight is 548 g/mol. The zero-order valence-corrected chi connectivity index (χ0v) is 22.3. The molecule has 2 aliphatic carbocycles. The molecule has 1 saturated carbocycles. The van der Waals surface area contributed by atoms with Gasteiger partial charge in [-0.05, 0) is 61.8 Å². The fourth-order valence-electron chi connectivity index (χ4n) is 6.82. The lowest BCUT2D eigenvalue weighted by Crippen LogP contribution is -2.45. The van der Waals surface area contributed by atoms with Crippen LogP contribution >= 0.6 is 0 Å². The standard InChI is InChI=1S/C30H30FN3O6/c1-13(35)7-24(36)32-21-6-5-16-14(2)20(31)9-22-25(16)26(21)17-11-34-23(27(17)33-22)8-19-18(28(34)37)12-40-29(38)30(19,39)10-15-3-4-15/h8-9,13,15,21,35,39H,3-7,10-12H2,1-2H3,(H,32,36)/t13-,21+,30+/m1/s1. The van der Waals surface area contributed by atoms with E-state index in [0.717, 1.165) is 34.9 Å². The van der Waals surface area contributed by atoms with Crippen LogP contribution in [0.5, 0.6) is 0 Å². The minimum Gasteiger partial charge on any atom is -0.458 e. The Morgan fingerprint density at radius 2 is 2.02 bits per heavy atom. The normalized spacial score (nSPS) is 23.3. The number of hydrogen-bond acceptors (Lipinski definition) is 7.